The lowest BCUT2D eigenvalue weighted by Crippen LogP contribution is -2.18. The van der Waals surface area contributed by atoms with Crippen LogP contribution in [0.3, 0.4) is 0 Å². The molecule has 3 aromatic carbocycles. The first kappa shape index (κ1) is 20.3. The van der Waals surface area contributed by atoms with E-state index in [0.29, 0.717) is 16.5 Å². The molecule has 7 heteroatoms. The molecular formula is C23H19ClN2O3S. The topological polar surface area (TPSA) is 68.3 Å². The van der Waals surface area contributed by atoms with E-state index in [9.17, 15) is 8.42 Å². The number of ether oxygens (including phenoxy) is 1. The van der Waals surface area contributed by atoms with Gasteiger partial charge in [0.05, 0.1) is 15.4 Å². The Hall–Kier alpha value is -2.93. The van der Waals surface area contributed by atoms with E-state index in [2.05, 4.69) is 9.71 Å². The first-order valence-corrected chi connectivity index (χ1v) is 11.1. The lowest BCUT2D eigenvalue weighted by atomic mass is 9.97. The smallest absolute Gasteiger partial charge is 0.240 e. The van der Waals surface area contributed by atoms with Crippen LogP contribution in [0.25, 0.3) is 22.0 Å². The maximum atomic E-state index is 12.1. The normalized spacial score (nSPS) is 11.6. The van der Waals surface area contributed by atoms with E-state index < -0.39 is 10.0 Å². The van der Waals surface area contributed by atoms with Gasteiger partial charge in [-0.15, -0.1) is 0 Å². The molecule has 1 heterocycles. The van der Waals surface area contributed by atoms with Crippen molar-refractivity contribution < 1.29 is 13.2 Å². The van der Waals surface area contributed by atoms with Crippen LogP contribution in [-0.4, -0.2) is 20.4 Å². The summed E-state index contributed by atoms with van der Waals surface area (Å²) < 4.78 is 32.4. The highest BCUT2D eigenvalue weighted by atomic mass is 35.5. The van der Waals surface area contributed by atoms with Crippen LogP contribution in [0.1, 0.15) is 5.56 Å². The second-order valence-electron chi connectivity index (χ2n) is 6.76. The summed E-state index contributed by atoms with van der Waals surface area (Å²) >= 11 is 6.33. The van der Waals surface area contributed by atoms with Gasteiger partial charge in [-0.3, -0.25) is 4.98 Å². The monoisotopic (exact) mass is 438 g/mol. The van der Waals surface area contributed by atoms with Crippen LogP contribution < -0.4 is 9.46 Å². The first-order chi connectivity index (χ1) is 14.4. The number of hydrogen-bond donors (Lipinski definition) is 1. The molecule has 0 spiro atoms. The van der Waals surface area contributed by atoms with Gasteiger partial charge in [0.25, 0.3) is 0 Å². The molecule has 0 saturated heterocycles. The van der Waals surface area contributed by atoms with Crippen molar-refractivity contribution in [3.8, 4) is 22.6 Å². The molecule has 30 heavy (non-hydrogen) atoms. The van der Waals surface area contributed by atoms with Gasteiger partial charge in [-0.2, -0.15) is 0 Å². The lowest BCUT2D eigenvalue weighted by Gasteiger charge is -2.13. The van der Waals surface area contributed by atoms with Crippen LogP contribution in [0, 0.1) is 6.92 Å². The van der Waals surface area contributed by atoms with E-state index in [4.69, 9.17) is 16.3 Å². The Labute approximate surface area is 180 Å². The van der Waals surface area contributed by atoms with Gasteiger partial charge in [0.15, 0.2) is 0 Å². The largest absolute Gasteiger partial charge is 0.457 e. The number of rotatable bonds is 5. The number of aryl methyl sites for hydroxylation is 1. The van der Waals surface area contributed by atoms with Crippen LogP contribution in [0.2, 0.25) is 5.02 Å². The fourth-order valence-corrected chi connectivity index (χ4v) is 4.33. The minimum Gasteiger partial charge on any atom is -0.457 e. The van der Waals surface area contributed by atoms with Gasteiger partial charge in [-0.05, 0) is 61.0 Å². The number of nitrogens with zero attached hydrogens (tertiary/aromatic N) is 1. The van der Waals surface area contributed by atoms with E-state index in [-0.39, 0.29) is 4.90 Å². The predicted molar refractivity (Wildman–Crippen MR) is 120 cm³/mol. The van der Waals surface area contributed by atoms with Gasteiger partial charge in [-0.1, -0.05) is 41.9 Å². The molecule has 0 saturated carbocycles. The van der Waals surface area contributed by atoms with Gasteiger partial charge in [0.1, 0.15) is 11.5 Å². The molecule has 5 nitrogen and oxygen atoms in total. The molecule has 4 rings (SSSR count). The zero-order valence-corrected chi connectivity index (χ0v) is 18.0. The summed E-state index contributed by atoms with van der Waals surface area (Å²) in [4.78, 5) is 4.61. The van der Waals surface area contributed by atoms with E-state index in [1.807, 2.05) is 55.6 Å². The predicted octanol–water partition coefficient (Wildman–Crippen LogP) is 5.56. The number of benzene rings is 3. The number of para-hydroxylation sites is 1. The fourth-order valence-electron chi connectivity index (χ4n) is 3.34. The van der Waals surface area contributed by atoms with Crippen molar-refractivity contribution in [1.82, 2.24) is 9.71 Å². The van der Waals surface area contributed by atoms with Gasteiger partial charge in [0, 0.05) is 17.6 Å². The van der Waals surface area contributed by atoms with Crippen molar-refractivity contribution in [3.63, 3.8) is 0 Å². The molecule has 0 unspecified atom stereocenters. The summed E-state index contributed by atoms with van der Waals surface area (Å²) in [6, 6.07) is 19.7. The summed E-state index contributed by atoms with van der Waals surface area (Å²) in [6.07, 6.45) is 1.81. The van der Waals surface area contributed by atoms with Gasteiger partial charge < -0.3 is 4.74 Å². The van der Waals surface area contributed by atoms with Crippen LogP contribution in [0.5, 0.6) is 11.5 Å². The molecule has 0 amide bonds. The van der Waals surface area contributed by atoms with E-state index in [1.165, 1.54) is 19.2 Å². The zero-order chi connectivity index (χ0) is 21.3. The van der Waals surface area contributed by atoms with Crippen LogP contribution in [0.4, 0.5) is 0 Å². The van der Waals surface area contributed by atoms with E-state index in [1.54, 1.807) is 12.1 Å². The second kappa shape index (κ2) is 8.07. The molecule has 0 aliphatic rings. The lowest BCUT2D eigenvalue weighted by molar-refractivity contribution is 0.481. The zero-order valence-electron chi connectivity index (χ0n) is 16.4. The fraction of sp³-hybridized carbons (Fsp3) is 0.0870. The second-order valence-corrected chi connectivity index (χ2v) is 9.06. The van der Waals surface area contributed by atoms with E-state index in [0.717, 1.165) is 27.6 Å². The number of fused-ring (bicyclic) bond motifs is 1. The summed E-state index contributed by atoms with van der Waals surface area (Å²) in [5, 5.41) is 1.56. The highest BCUT2D eigenvalue weighted by molar-refractivity contribution is 7.89. The molecule has 152 valence electrons. The third-order valence-corrected chi connectivity index (χ3v) is 6.50. The molecule has 4 aromatic rings. The number of nitrogens with one attached hydrogen (secondary N) is 1. The van der Waals surface area contributed by atoms with Crippen molar-refractivity contribution in [2.24, 2.45) is 0 Å². The van der Waals surface area contributed by atoms with Crippen molar-refractivity contribution in [2.75, 3.05) is 7.05 Å². The van der Waals surface area contributed by atoms with Crippen molar-refractivity contribution in [1.29, 1.82) is 0 Å². The van der Waals surface area contributed by atoms with E-state index >= 15 is 0 Å². The third kappa shape index (κ3) is 3.89. The van der Waals surface area contributed by atoms with Crippen LogP contribution in [0.15, 0.2) is 77.8 Å². The minimum absolute atomic E-state index is 0.143. The molecule has 1 N–H and O–H groups in total. The average Bonchev–Trinajstić information content (AvgIpc) is 2.74. The highest BCUT2D eigenvalue weighted by Gasteiger charge is 2.14. The highest BCUT2D eigenvalue weighted by Crippen LogP contribution is 2.35. The molecule has 0 aliphatic heterocycles. The summed E-state index contributed by atoms with van der Waals surface area (Å²) in [7, 11) is -2.17. The molecular weight excluding hydrogens is 420 g/mol. The quantitative estimate of drug-likeness (QED) is 0.442. The summed E-state index contributed by atoms with van der Waals surface area (Å²) in [5.41, 5.74) is 3.75. The Morgan fingerprint density at radius 1 is 0.967 bits per heavy atom. The Morgan fingerprint density at radius 3 is 2.43 bits per heavy atom. The average molecular weight is 439 g/mol. The van der Waals surface area contributed by atoms with Crippen LogP contribution in [-0.2, 0) is 10.0 Å². The Morgan fingerprint density at radius 2 is 1.67 bits per heavy atom. The molecule has 0 fully saturated rings. The molecule has 0 radical (unpaired) electrons. The first-order valence-electron chi connectivity index (χ1n) is 9.25. The van der Waals surface area contributed by atoms with Crippen molar-refractivity contribution in [2.45, 2.75) is 11.8 Å². The summed E-state index contributed by atoms with van der Waals surface area (Å²) in [6.45, 7) is 2.00. The molecule has 1 aromatic heterocycles. The van der Waals surface area contributed by atoms with Gasteiger partial charge >= 0.3 is 0 Å². The Kier molecular flexibility index (Phi) is 5.47. The van der Waals surface area contributed by atoms with Gasteiger partial charge in [-0.25, -0.2) is 13.1 Å². The van der Waals surface area contributed by atoms with Crippen LogP contribution >= 0.6 is 11.6 Å². The summed E-state index contributed by atoms with van der Waals surface area (Å²) in [5.74, 6) is 1.03. The minimum atomic E-state index is -3.55. The number of hydrogen-bond acceptors (Lipinski definition) is 4. The number of pyridine rings is 1. The Balaban J connectivity index is 1.75. The standard InChI is InChI=1S/C23H19ClN2O3S/c1-15-14-26-23-20(10-5-11-21(23)24)22(15)16-6-3-7-17(12-16)29-18-8-4-9-19(13-18)30(27,28)25-2/h3-14,25H,1-2H3. The molecule has 0 bridgehead atoms. The maximum absolute atomic E-state index is 12.1. The maximum Gasteiger partial charge on any atom is 0.240 e. The van der Waals surface area contributed by atoms with Crippen molar-refractivity contribution >= 4 is 32.5 Å². The van der Waals surface area contributed by atoms with Gasteiger partial charge in [0.2, 0.25) is 10.0 Å². The molecule has 0 atom stereocenters. The SMILES string of the molecule is CNS(=O)(=O)c1cccc(Oc2cccc(-c3c(C)cnc4c(Cl)cccc34)c2)c1. The number of sulfonamides is 1. The third-order valence-electron chi connectivity index (χ3n) is 4.78. The number of halogens is 1. The molecule has 0 aliphatic carbocycles. The van der Waals surface area contributed by atoms with Crippen molar-refractivity contribution in [3.05, 3.63) is 83.5 Å². The number of aromatic nitrogens is 1. The Bertz CT molecular complexity index is 1350.